The zero-order chi connectivity index (χ0) is 17.7. The number of ether oxygens (including phenoxy) is 1. The highest BCUT2D eigenvalue weighted by Crippen LogP contribution is 2.28. The van der Waals surface area contributed by atoms with Crippen LogP contribution in [0.15, 0.2) is 46.9 Å². The summed E-state index contributed by atoms with van der Waals surface area (Å²) in [5.74, 6) is -0.399. The fourth-order valence-corrected chi connectivity index (χ4v) is 2.90. The summed E-state index contributed by atoms with van der Waals surface area (Å²) in [6.07, 6.45) is 0.00896. The molecule has 0 aliphatic carbocycles. The number of carbonyl (C=O) groups excluding carboxylic acids is 2. The van der Waals surface area contributed by atoms with Gasteiger partial charge in [0.25, 0.3) is 0 Å². The van der Waals surface area contributed by atoms with Crippen LogP contribution in [0.2, 0.25) is 5.02 Å². The van der Waals surface area contributed by atoms with Crippen molar-refractivity contribution >= 4 is 39.4 Å². The monoisotopic (exact) mass is 409 g/mol. The van der Waals surface area contributed by atoms with Crippen LogP contribution >= 0.6 is 27.5 Å². The molecule has 1 N–H and O–H groups in total. The average molecular weight is 411 g/mol. The molecule has 4 nitrogen and oxygen atoms in total. The average Bonchev–Trinajstić information content (AvgIpc) is 2.50. The maximum atomic E-state index is 12.2. The summed E-state index contributed by atoms with van der Waals surface area (Å²) >= 11 is 9.35. The van der Waals surface area contributed by atoms with Gasteiger partial charge in [0.1, 0.15) is 5.75 Å². The Bertz CT molecular complexity index is 746. The van der Waals surface area contributed by atoms with Crippen LogP contribution in [0.25, 0.3) is 0 Å². The minimum absolute atomic E-state index is 0.00896. The normalized spacial score (nSPS) is 11.7. The number of rotatable bonds is 5. The highest BCUT2D eigenvalue weighted by atomic mass is 79.9. The van der Waals surface area contributed by atoms with Crippen LogP contribution < -0.4 is 10.1 Å². The Morgan fingerprint density at radius 1 is 1.21 bits per heavy atom. The van der Waals surface area contributed by atoms with E-state index in [1.54, 1.807) is 18.2 Å². The molecule has 1 atom stereocenters. The first-order valence-electron chi connectivity index (χ1n) is 7.34. The van der Waals surface area contributed by atoms with Gasteiger partial charge in [0.2, 0.25) is 5.91 Å². The highest BCUT2D eigenvalue weighted by Gasteiger charge is 2.19. The molecule has 1 amide bonds. The molecule has 2 rings (SSSR count). The number of benzene rings is 2. The van der Waals surface area contributed by atoms with Crippen molar-refractivity contribution in [3.05, 3.63) is 63.1 Å². The molecule has 2 aromatic carbocycles. The highest BCUT2D eigenvalue weighted by molar-refractivity contribution is 9.10. The molecule has 0 saturated carbocycles. The van der Waals surface area contributed by atoms with Crippen LogP contribution in [-0.2, 0) is 9.59 Å². The molecule has 0 saturated heterocycles. The quantitative estimate of drug-likeness (QED) is 0.579. The molecule has 0 aromatic heterocycles. The van der Waals surface area contributed by atoms with E-state index in [0.29, 0.717) is 5.02 Å². The zero-order valence-electron chi connectivity index (χ0n) is 13.3. The summed E-state index contributed by atoms with van der Waals surface area (Å²) in [7, 11) is 0. The van der Waals surface area contributed by atoms with Crippen LogP contribution in [0.4, 0.5) is 0 Å². The third-order valence-electron chi connectivity index (χ3n) is 3.35. The summed E-state index contributed by atoms with van der Waals surface area (Å²) in [6, 6.07) is 12.2. The van der Waals surface area contributed by atoms with Gasteiger partial charge in [-0.25, -0.2) is 0 Å². The van der Waals surface area contributed by atoms with Crippen molar-refractivity contribution in [2.75, 3.05) is 0 Å². The van der Waals surface area contributed by atoms with Crippen molar-refractivity contribution in [2.45, 2.75) is 26.3 Å². The molecule has 0 bridgehead atoms. The van der Waals surface area contributed by atoms with Gasteiger partial charge in [0.05, 0.1) is 17.5 Å². The molecular weight excluding hydrogens is 394 g/mol. The van der Waals surface area contributed by atoms with Crippen molar-refractivity contribution in [3.63, 3.8) is 0 Å². The molecule has 126 valence electrons. The van der Waals surface area contributed by atoms with Crippen LogP contribution in [0.1, 0.15) is 30.5 Å². The Hall–Kier alpha value is -1.85. The molecule has 1 unspecified atom stereocenters. The lowest BCUT2D eigenvalue weighted by molar-refractivity contribution is -0.135. The number of nitrogens with one attached hydrogen (secondary N) is 1. The summed E-state index contributed by atoms with van der Waals surface area (Å²) in [4.78, 5) is 23.7. The lowest BCUT2D eigenvalue weighted by atomic mass is 10.0. The van der Waals surface area contributed by atoms with Crippen molar-refractivity contribution in [1.29, 1.82) is 0 Å². The second-order valence-corrected chi connectivity index (χ2v) is 6.74. The Balaban J connectivity index is 2.12. The molecule has 0 heterocycles. The van der Waals surface area contributed by atoms with Crippen molar-refractivity contribution in [3.8, 4) is 5.75 Å². The smallest absolute Gasteiger partial charge is 0.313 e. The van der Waals surface area contributed by atoms with Gasteiger partial charge in [-0.15, -0.1) is 0 Å². The van der Waals surface area contributed by atoms with Gasteiger partial charge < -0.3 is 10.1 Å². The van der Waals surface area contributed by atoms with E-state index in [1.165, 1.54) is 6.92 Å². The molecular formula is C18H17BrClNO3. The minimum Gasteiger partial charge on any atom is -0.425 e. The summed E-state index contributed by atoms with van der Waals surface area (Å²) < 4.78 is 6.11. The lowest BCUT2D eigenvalue weighted by Crippen LogP contribution is -2.29. The topological polar surface area (TPSA) is 55.4 Å². The molecule has 0 aliphatic heterocycles. The second kappa shape index (κ2) is 8.31. The first kappa shape index (κ1) is 18.5. The number of esters is 1. The molecule has 6 heteroatoms. The Labute approximate surface area is 154 Å². The summed E-state index contributed by atoms with van der Waals surface area (Å²) in [5, 5.41) is 3.11. The van der Waals surface area contributed by atoms with Crippen LogP contribution in [0.3, 0.4) is 0 Å². The van der Waals surface area contributed by atoms with E-state index >= 15 is 0 Å². The Kier molecular flexibility index (Phi) is 6.40. The molecule has 0 aliphatic rings. The number of carbonyl (C=O) groups is 2. The predicted molar refractivity (Wildman–Crippen MR) is 97.1 cm³/mol. The van der Waals surface area contributed by atoms with E-state index in [2.05, 4.69) is 21.2 Å². The van der Waals surface area contributed by atoms with Crippen molar-refractivity contribution < 1.29 is 14.3 Å². The largest absolute Gasteiger partial charge is 0.425 e. The van der Waals surface area contributed by atoms with E-state index in [9.17, 15) is 9.59 Å². The van der Waals surface area contributed by atoms with E-state index in [-0.39, 0.29) is 18.1 Å². The van der Waals surface area contributed by atoms with Gasteiger partial charge >= 0.3 is 5.97 Å². The van der Waals surface area contributed by atoms with Crippen molar-refractivity contribution in [1.82, 2.24) is 5.32 Å². The van der Waals surface area contributed by atoms with Crippen LogP contribution in [-0.4, -0.2) is 11.9 Å². The summed E-state index contributed by atoms with van der Waals surface area (Å²) in [5.41, 5.74) is 1.94. The maximum Gasteiger partial charge on any atom is 0.313 e. The first-order valence-corrected chi connectivity index (χ1v) is 8.51. The van der Waals surface area contributed by atoms with Gasteiger partial charge in [0.15, 0.2) is 0 Å². The number of halogens is 2. The Morgan fingerprint density at radius 2 is 1.88 bits per heavy atom. The van der Waals surface area contributed by atoms with Crippen molar-refractivity contribution in [2.24, 2.45) is 0 Å². The van der Waals surface area contributed by atoms with Gasteiger partial charge in [-0.2, -0.15) is 0 Å². The number of hydrogen-bond donors (Lipinski definition) is 1. The van der Waals surface area contributed by atoms with Gasteiger partial charge in [-0.3, -0.25) is 9.59 Å². The molecule has 2 aromatic rings. The van der Waals surface area contributed by atoms with Gasteiger partial charge in [-0.1, -0.05) is 57.4 Å². The third kappa shape index (κ3) is 5.35. The van der Waals surface area contributed by atoms with E-state index in [1.807, 2.05) is 31.2 Å². The number of hydrogen-bond acceptors (Lipinski definition) is 3. The Morgan fingerprint density at radius 3 is 2.46 bits per heavy atom. The third-order valence-corrected chi connectivity index (χ3v) is 4.13. The van der Waals surface area contributed by atoms with E-state index in [4.69, 9.17) is 16.3 Å². The molecule has 24 heavy (non-hydrogen) atoms. The van der Waals surface area contributed by atoms with Crippen LogP contribution in [0, 0.1) is 6.92 Å². The number of amides is 1. The predicted octanol–water partition coefficient (Wildman–Crippen LogP) is 4.58. The molecule has 0 spiro atoms. The maximum absolute atomic E-state index is 12.2. The second-order valence-electron chi connectivity index (χ2n) is 5.42. The summed E-state index contributed by atoms with van der Waals surface area (Å²) in [6.45, 7) is 3.39. The van der Waals surface area contributed by atoms with E-state index < -0.39 is 12.0 Å². The fourth-order valence-electron chi connectivity index (χ4n) is 2.19. The lowest BCUT2D eigenvalue weighted by Gasteiger charge is -2.18. The van der Waals surface area contributed by atoms with E-state index in [0.717, 1.165) is 15.6 Å². The SMILES string of the molecule is CC(=O)NC(CC(=O)Oc1ccc(Br)cc1Cl)c1ccc(C)cc1. The standard InChI is InChI=1S/C18H17BrClNO3/c1-11-3-5-13(6-4-11)16(21-12(2)22)10-18(23)24-17-8-7-14(19)9-15(17)20/h3-9,16H,10H2,1-2H3,(H,21,22). The number of aryl methyl sites for hydroxylation is 1. The molecule has 0 radical (unpaired) electrons. The fraction of sp³-hybridized carbons (Fsp3) is 0.222. The first-order chi connectivity index (χ1) is 11.3. The van der Waals surface area contributed by atoms with Crippen LogP contribution in [0.5, 0.6) is 5.75 Å². The zero-order valence-corrected chi connectivity index (χ0v) is 15.6. The minimum atomic E-state index is -0.474. The molecule has 0 fully saturated rings. The van der Waals surface area contributed by atoms with Gasteiger partial charge in [-0.05, 0) is 30.7 Å². The van der Waals surface area contributed by atoms with Gasteiger partial charge in [0, 0.05) is 11.4 Å².